The first-order valence-electron chi connectivity index (χ1n) is 15.9. The Labute approximate surface area is 278 Å². The summed E-state index contributed by atoms with van der Waals surface area (Å²) in [5, 5.41) is 12.1. The van der Waals surface area contributed by atoms with Crippen LogP contribution in [0.2, 0.25) is 0 Å². The molecule has 244 valence electrons. The number of aromatic nitrogens is 3. The van der Waals surface area contributed by atoms with Crippen molar-refractivity contribution in [2.24, 2.45) is 7.05 Å². The van der Waals surface area contributed by atoms with Gasteiger partial charge in [0.15, 0.2) is 0 Å². The second kappa shape index (κ2) is 13.1. The summed E-state index contributed by atoms with van der Waals surface area (Å²) < 4.78 is 27.7. The van der Waals surface area contributed by atoms with Gasteiger partial charge in [0.2, 0.25) is 0 Å². The third kappa shape index (κ3) is 5.66. The SMILES string of the molecule is COc1ccc(C(OC[C@H]2O[C@@H](n3cc4cc(-c5ccccc5)n(C)c4nc3=O)C[C@@H]2O)(c2ccccc2)c2ccc(OC)cc2)cc1. The highest BCUT2D eigenvalue weighted by Gasteiger charge is 2.42. The maximum Gasteiger partial charge on any atom is 0.351 e. The Kier molecular flexibility index (Phi) is 8.58. The van der Waals surface area contributed by atoms with Crippen LogP contribution in [0, 0.1) is 0 Å². The number of methoxy groups -OCH3 is 2. The lowest BCUT2D eigenvalue weighted by Gasteiger charge is -2.37. The number of hydrogen-bond donors (Lipinski definition) is 1. The molecule has 0 aliphatic carbocycles. The molecule has 9 nitrogen and oxygen atoms in total. The molecule has 0 radical (unpaired) electrons. The van der Waals surface area contributed by atoms with E-state index in [1.54, 1.807) is 20.4 Å². The van der Waals surface area contributed by atoms with E-state index in [9.17, 15) is 9.90 Å². The van der Waals surface area contributed by atoms with E-state index in [0.717, 1.165) is 44.8 Å². The Morgan fingerprint density at radius 1 is 0.833 bits per heavy atom. The van der Waals surface area contributed by atoms with Gasteiger partial charge in [-0.05, 0) is 52.6 Å². The zero-order valence-corrected chi connectivity index (χ0v) is 27.0. The van der Waals surface area contributed by atoms with Gasteiger partial charge in [0.25, 0.3) is 0 Å². The average Bonchev–Trinajstić information content (AvgIpc) is 3.67. The molecule has 6 aromatic rings. The summed E-state index contributed by atoms with van der Waals surface area (Å²) in [5.41, 5.74) is 3.67. The van der Waals surface area contributed by atoms with Crippen LogP contribution in [0.5, 0.6) is 11.5 Å². The molecular weight excluding hydrogens is 606 g/mol. The Hall–Kier alpha value is -5.22. The Morgan fingerprint density at radius 2 is 1.40 bits per heavy atom. The topological polar surface area (TPSA) is 97.0 Å². The van der Waals surface area contributed by atoms with Gasteiger partial charge in [0.05, 0.1) is 32.6 Å². The number of benzene rings is 4. The van der Waals surface area contributed by atoms with E-state index in [1.165, 1.54) is 4.57 Å². The van der Waals surface area contributed by atoms with Crippen LogP contribution in [0.4, 0.5) is 0 Å². The van der Waals surface area contributed by atoms with Crippen LogP contribution in [0.25, 0.3) is 22.3 Å². The molecule has 1 fully saturated rings. The van der Waals surface area contributed by atoms with Crippen molar-refractivity contribution in [1.82, 2.24) is 14.1 Å². The molecule has 7 rings (SSSR count). The molecule has 2 aromatic heterocycles. The van der Waals surface area contributed by atoms with Crippen LogP contribution in [-0.2, 0) is 22.1 Å². The van der Waals surface area contributed by atoms with Crippen LogP contribution in [-0.4, -0.2) is 52.3 Å². The second-order valence-corrected chi connectivity index (χ2v) is 11.9. The highest BCUT2D eigenvalue weighted by atomic mass is 16.6. The molecule has 0 spiro atoms. The molecule has 48 heavy (non-hydrogen) atoms. The first kappa shape index (κ1) is 31.4. The van der Waals surface area contributed by atoms with Gasteiger partial charge in [-0.1, -0.05) is 84.9 Å². The first-order valence-corrected chi connectivity index (χ1v) is 15.9. The van der Waals surface area contributed by atoms with Gasteiger partial charge in [-0.15, -0.1) is 0 Å². The van der Waals surface area contributed by atoms with Gasteiger partial charge < -0.3 is 28.6 Å². The van der Waals surface area contributed by atoms with Crippen molar-refractivity contribution in [3.05, 3.63) is 149 Å². The number of fused-ring (bicyclic) bond motifs is 1. The zero-order chi connectivity index (χ0) is 33.3. The molecule has 0 unspecified atom stereocenters. The van der Waals surface area contributed by atoms with Crippen molar-refractivity contribution in [3.63, 3.8) is 0 Å². The minimum absolute atomic E-state index is 0.0402. The predicted molar refractivity (Wildman–Crippen MR) is 183 cm³/mol. The largest absolute Gasteiger partial charge is 0.497 e. The van der Waals surface area contributed by atoms with Crippen molar-refractivity contribution in [3.8, 4) is 22.8 Å². The van der Waals surface area contributed by atoms with E-state index in [1.807, 2.05) is 127 Å². The lowest BCUT2D eigenvalue weighted by molar-refractivity contribution is -0.0943. The van der Waals surface area contributed by atoms with Gasteiger partial charge in [0, 0.05) is 25.1 Å². The maximum absolute atomic E-state index is 13.3. The van der Waals surface area contributed by atoms with Gasteiger partial charge in [-0.3, -0.25) is 4.57 Å². The van der Waals surface area contributed by atoms with Crippen LogP contribution in [0.1, 0.15) is 29.3 Å². The molecule has 1 aliphatic heterocycles. The summed E-state index contributed by atoms with van der Waals surface area (Å²) >= 11 is 0. The normalized spacial score (nSPS) is 17.9. The molecule has 0 bridgehead atoms. The molecule has 4 aromatic carbocycles. The molecule has 1 saturated heterocycles. The molecule has 9 heteroatoms. The molecule has 0 saturated carbocycles. The second-order valence-electron chi connectivity index (χ2n) is 11.9. The van der Waals surface area contributed by atoms with Crippen molar-refractivity contribution >= 4 is 11.0 Å². The number of aryl methyl sites for hydroxylation is 1. The fourth-order valence-electron chi connectivity index (χ4n) is 6.61. The molecule has 3 heterocycles. The quantitative estimate of drug-likeness (QED) is 0.181. The summed E-state index contributed by atoms with van der Waals surface area (Å²) in [7, 11) is 5.16. The summed E-state index contributed by atoms with van der Waals surface area (Å²) in [6.45, 7) is 0.0402. The highest BCUT2D eigenvalue weighted by Crippen LogP contribution is 2.43. The van der Waals surface area contributed by atoms with Crippen molar-refractivity contribution in [1.29, 1.82) is 0 Å². The summed E-state index contributed by atoms with van der Waals surface area (Å²) in [6.07, 6.45) is -0.336. The predicted octanol–water partition coefficient (Wildman–Crippen LogP) is 6.08. The monoisotopic (exact) mass is 643 g/mol. The minimum Gasteiger partial charge on any atom is -0.497 e. The smallest absolute Gasteiger partial charge is 0.351 e. The van der Waals surface area contributed by atoms with Crippen molar-refractivity contribution in [2.75, 3.05) is 20.8 Å². The molecule has 3 atom stereocenters. The lowest BCUT2D eigenvalue weighted by Crippen LogP contribution is -2.38. The molecular formula is C39H37N3O6. The average molecular weight is 644 g/mol. The number of hydrogen-bond acceptors (Lipinski definition) is 7. The Balaban J connectivity index is 1.22. The fourth-order valence-corrected chi connectivity index (χ4v) is 6.61. The fraction of sp³-hybridized carbons (Fsp3) is 0.231. The summed E-state index contributed by atoms with van der Waals surface area (Å²) in [4.78, 5) is 17.7. The van der Waals surface area contributed by atoms with E-state index in [4.69, 9.17) is 18.9 Å². The van der Waals surface area contributed by atoms with Crippen LogP contribution in [0.3, 0.4) is 0 Å². The number of rotatable bonds is 10. The van der Waals surface area contributed by atoms with Crippen molar-refractivity contribution < 1.29 is 24.1 Å². The standard InChI is InChI=1S/C39H37N3O6/c1-41-33(26-10-6-4-7-11-26)22-27-24-42(38(44)40-37(27)41)36-23-34(43)35(48-36)25-47-39(28-12-8-5-9-13-28,29-14-18-31(45-2)19-15-29)30-16-20-32(46-3)21-17-30/h4-22,24,34-36,43H,23,25H2,1-3H3/t34-,35+,36+/m0/s1. The van der Waals surface area contributed by atoms with Gasteiger partial charge in [0.1, 0.15) is 35.1 Å². The summed E-state index contributed by atoms with van der Waals surface area (Å²) in [5.74, 6) is 1.44. The van der Waals surface area contributed by atoms with Crippen LogP contribution >= 0.6 is 0 Å². The number of ether oxygens (including phenoxy) is 4. The molecule has 1 N–H and O–H groups in total. The van der Waals surface area contributed by atoms with Crippen molar-refractivity contribution in [2.45, 2.75) is 30.5 Å². The Bertz CT molecular complexity index is 2010. The minimum atomic E-state index is -1.07. The van der Waals surface area contributed by atoms with E-state index < -0.39 is 29.7 Å². The van der Waals surface area contributed by atoms with E-state index in [0.29, 0.717) is 5.65 Å². The third-order valence-corrected chi connectivity index (χ3v) is 9.15. The van der Waals surface area contributed by atoms with Crippen LogP contribution < -0.4 is 15.2 Å². The van der Waals surface area contributed by atoms with E-state index in [-0.39, 0.29) is 13.0 Å². The first-order chi connectivity index (χ1) is 23.4. The summed E-state index contributed by atoms with van der Waals surface area (Å²) in [6, 6.07) is 37.5. The van der Waals surface area contributed by atoms with E-state index in [2.05, 4.69) is 4.98 Å². The highest BCUT2D eigenvalue weighted by molar-refractivity contribution is 5.83. The van der Waals surface area contributed by atoms with Gasteiger partial charge in [-0.2, -0.15) is 4.98 Å². The lowest BCUT2D eigenvalue weighted by atomic mass is 9.80. The van der Waals surface area contributed by atoms with Gasteiger partial charge in [-0.25, -0.2) is 4.79 Å². The zero-order valence-electron chi connectivity index (χ0n) is 27.0. The Morgan fingerprint density at radius 3 is 1.98 bits per heavy atom. The van der Waals surface area contributed by atoms with E-state index >= 15 is 0 Å². The molecule has 1 aliphatic rings. The molecule has 0 amide bonds. The number of aliphatic hydroxyl groups excluding tert-OH is 1. The number of aliphatic hydroxyl groups is 1. The maximum atomic E-state index is 13.3. The third-order valence-electron chi connectivity index (χ3n) is 9.15. The van der Waals surface area contributed by atoms with Crippen LogP contribution in [0.15, 0.2) is 126 Å². The number of nitrogens with zero attached hydrogens (tertiary/aromatic N) is 3. The van der Waals surface area contributed by atoms with Gasteiger partial charge >= 0.3 is 5.69 Å².